The average Bonchev–Trinajstić information content (AvgIpc) is 2.24. The third-order valence-corrected chi connectivity index (χ3v) is 3.53. The number of amides is 2. The first-order valence-electron chi connectivity index (χ1n) is 7.46. The molecule has 0 radical (unpaired) electrons. The molecule has 5 nitrogen and oxygen atoms in total. The van der Waals surface area contributed by atoms with E-state index in [2.05, 4.69) is 29.4 Å². The van der Waals surface area contributed by atoms with E-state index in [1.807, 2.05) is 27.9 Å². The molecule has 0 aromatic rings. The molecule has 2 unspecified atom stereocenters. The van der Waals surface area contributed by atoms with E-state index in [1.165, 1.54) is 0 Å². The lowest BCUT2D eigenvalue weighted by Crippen LogP contribution is -2.51. The van der Waals surface area contributed by atoms with E-state index in [9.17, 15) is 9.90 Å². The summed E-state index contributed by atoms with van der Waals surface area (Å²) in [5.74, 6) is 0.620. The molecule has 0 aliphatic heterocycles. The lowest BCUT2D eigenvalue weighted by atomic mass is 9.93. The summed E-state index contributed by atoms with van der Waals surface area (Å²) >= 11 is 0. The van der Waals surface area contributed by atoms with Gasteiger partial charge in [-0.05, 0) is 39.3 Å². The van der Waals surface area contributed by atoms with Crippen LogP contribution in [0.4, 0.5) is 4.79 Å². The summed E-state index contributed by atoms with van der Waals surface area (Å²) < 4.78 is 0. The van der Waals surface area contributed by atoms with Gasteiger partial charge in [-0.15, -0.1) is 0 Å². The molecule has 0 saturated carbocycles. The molecule has 0 fully saturated rings. The quantitative estimate of drug-likeness (QED) is 0.636. The van der Waals surface area contributed by atoms with Crippen molar-refractivity contribution in [3.63, 3.8) is 0 Å². The topological polar surface area (TPSA) is 64.6 Å². The van der Waals surface area contributed by atoms with Crippen LogP contribution in [0.1, 0.15) is 41.0 Å². The van der Waals surface area contributed by atoms with Crippen LogP contribution in [-0.2, 0) is 0 Å². The summed E-state index contributed by atoms with van der Waals surface area (Å²) in [6.45, 7) is 11.0. The van der Waals surface area contributed by atoms with Crippen molar-refractivity contribution in [3.05, 3.63) is 0 Å². The van der Waals surface area contributed by atoms with Gasteiger partial charge in [0.05, 0.1) is 5.60 Å². The number of rotatable bonds is 8. The lowest BCUT2D eigenvalue weighted by Gasteiger charge is -2.29. The van der Waals surface area contributed by atoms with Gasteiger partial charge in [0.25, 0.3) is 0 Å². The highest BCUT2D eigenvalue weighted by Crippen LogP contribution is 2.14. The Kier molecular flexibility index (Phi) is 8.13. The highest BCUT2D eigenvalue weighted by atomic mass is 16.3. The molecule has 2 atom stereocenters. The number of urea groups is 1. The van der Waals surface area contributed by atoms with Crippen LogP contribution in [0.3, 0.4) is 0 Å². The van der Waals surface area contributed by atoms with E-state index < -0.39 is 5.60 Å². The smallest absolute Gasteiger partial charge is 0.315 e. The molecule has 0 rings (SSSR count). The van der Waals surface area contributed by atoms with Crippen LogP contribution in [0.25, 0.3) is 0 Å². The van der Waals surface area contributed by atoms with Crippen molar-refractivity contribution in [2.24, 2.45) is 11.8 Å². The number of carbonyl (C=O) groups is 1. The van der Waals surface area contributed by atoms with Gasteiger partial charge in [0, 0.05) is 19.1 Å². The van der Waals surface area contributed by atoms with E-state index in [1.54, 1.807) is 6.92 Å². The fourth-order valence-corrected chi connectivity index (χ4v) is 1.89. The number of nitrogens with one attached hydrogen (secondary N) is 2. The van der Waals surface area contributed by atoms with E-state index in [4.69, 9.17) is 0 Å². The highest BCUT2D eigenvalue weighted by Gasteiger charge is 2.25. The highest BCUT2D eigenvalue weighted by molar-refractivity contribution is 5.74. The van der Waals surface area contributed by atoms with Gasteiger partial charge in [-0.3, -0.25) is 0 Å². The third kappa shape index (κ3) is 8.38. The van der Waals surface area contributed by atoms with Crippen LogP contribution in [-0.4, -0.2) is 54.9 Å². The van der Waals surface area contributed by atoms with Gasteiger partial charge in [-0.1, -0.05) is 27.7 Å². The Balaban J connectivity index is 4.32. The molecule has 0 aliphatic rings. The Bertz CT molecular complexity index is 279. The minimum Gasteiger partial charge on any atom is -0.388 e. The molecule has 120 valence electrons. The van der Waals surface area contributed by atoms with Gasteiger partial charge in [0.2, 0.25) is 0 Å². The SMILES string of the molecule is CC(C)CC(CN(C)C)NC(=O)NCC(C)(O)C(C)C. The van der Waals surface area contributed by atoms with Crippen molar-refractivity contribution in [1.82, 2.24) is 15.5 Å². The molecule has 0 aromatic carbocycles. The molecule has 0 aliphatic carbocycles. The maximum Gasteiger partial charge on any atom is 0.315 e. The lowest BCUT2D eigenvalue weighted by molar-refractivity contribution is 0.0165. The number of nitrogens with zero attached hydrogens (tertiary/aromatic N) is 1. The first kappa shape index (κ1) is 19.2. The summed E-state index contributed by atoms with van der Waals surface area (Å²) in [6, 6.07) is -0.0903. The summed E-state index contributed by atoms with van der Waals surface area (Å²) in [5, 5.41) is 15.9. The molecule has 0 saturated heterocycles. The van der Waals surface area contributed by atoms with Crippen molar-refractivity contribution in [3.8, 4) is 0 Å². The van der Waals surface area contributed by atoms with Gasteiger partial charge >= 0.3 is 6.03 Å². The van der Waals surface area contributed by atoms with Gasteiger partial charge in [-0.2, -0.15) is 0 Å². The van der Waals surface area contributed by atoms with Gasteiger partial charge < -0.3 is 20.6 Å². The van der Waals surface area contributed by atoms with E-state index in [0.717, 1.165) is 13.0 Å². The largest absolute Gasteiger partial charge is 0.388 e. The zero-order valence-electron chi connectivity index (χ0n) is 14.2. The second-order valence-corrected chi connectivity index (χ2v) is 6.93. The van der Waals surface area contributed by atoms with Crippen LogP contribution in [0.5, 0.6) is 0 Å². The number of hydrogen-bond acceptors (Lipinski definition) is 3. The third-order valence-electron chi connectivity index (χ3n) is 3.53. The van der Waals surface area contributed by atoms with Crippen molar-refractivity contribution < 1.29 is 9.90 Å². The Morgan fingerprint density at radius 2 is 1.80 bits per heavy atom. The molecular weight excluding hydrogens is 254 g/mol. The maximum absolute atomic E-state index is 11.9. The number of carbonyl (C=O) groups excluding carboxylic acids is 1. The van der Waals surface area contributed by atoms with Gasteiger partial charge in [0.1, 0.15) is 0 Å². The Morgan fingerprint density at radius 1 is 1.25 bits per heavy atom. The summed E-state index contributed by atoms with van der Waals surface area (Å²) in [7, 11) is 3.99. The molecule has 2 amide bonds. The molecule has 0 spiro atoms. The fraction of sp³-hybridized carbons (Fsp3) is 0.933. The summed E-state index contributed by atoms with van der Waals surface area (Å²) in [5.41, 5.74) is -0.883. The minimum atomic E-state index is -0.883. The Morgan fingerprint density at radius 3 is 2.20 bits per heavy atom. The minimum absolute atomic E-state index is 0.0936. The van der Waals surface area contributed by atoms with Crippen molar-refractivity contribution in [2.45, 2.75) is 52.7 Å². The average molecular weight is 287 g/mol. The van der Waals surface area contributed by atoms with Crippen LogP contribution in [0, 0.1) is 11.8 Å². The van der Waals surface area contributed by atoms with Crippen LogP contribution in [0.2, 0.25) is 0 Å². The predicted octanol–water partition coefficient (Wildman–Crippen LogP) is 1.67. The van der Waals surface area contributed by atoms with Crippen molar-refractivity contribution in [1.29, 1.82) is 0 Å². The fourth-order valence-electron chi connectivity index (χ4n) is 1.89. The number of hydrogen-bond donors (Lipinski definition) is 3. The van der Waals surface area contributed by atoms with Crippen molar-refractivity contribution in [2.75, 3.05) is 27.2 Å². The summed E-state index contributed by atoms with van der Waals surface area (Å²) in [4.78, 5) is 14.0. The molecular formula is C15H33N3O2. The second-order valence-electron chi connectivity index (χ2n) is 6.93. The number of likely N-dealkylation sites (N-methyl/N-ethyl adjacent to an activating group) is 1. The predicted molar refractivity (Wildman–Crippen MR) is 83.8 cm³/mol. The first-order chi connectivity index (χ1) is 9.04. The summed E-state index contributed by atoms with van der Waals surface area (Å²) in [6.07, 6.45) is 0.937. The van der Waals surface area contributed by atoms with Gasteiger partial charge in [-0.25, -0.2) is 4.79 Å². The van der Waals surface area contributed by atoms with Crippen LogP contribution in [0.15, 0.2) is 0 Å². The van der Waals surface area contributed by atoms with E-state index >= 15 is 0 Å². The van der Waals surface area contributed by atoms with E-state index in [-0.39, 0.29) is 24.5 Å². The monoisotopic (exact) mass is 287 g/mol. The molecule has 5 heteroatoms. The van der Waals surface area contributed by atoms with Crippen molar-refractivity contribution >= 4 is 6.03 Å². The van der Waals surface area contributed by atoms with Crippen LogP contribution < -0.4 is 10.6 Å². The molecule has 0 heterocycles. The second kappa shape index (κ2) is 8.47. The molecule has 0 aromatic heterocycles. The number of aliphatic hydroxyl groups is 1. The van der Waals surface area contributed by atoms with Gasteiger partial charge in [0.15, 0.2) is 0 Å². The standard InChI is InChI=1S/C15H33N3O2/c1-11(2)8-13(9-18(6)7)17-14(19)16-10-15(5,20)12(3)4/h11-13,20H,8-10H2,1-7H3,(H2,16,17,19). The van der Waals surface area contributed by atoms with Crippen LogP contribution >= 0.6 is 0 Å². The normalized spacial score (nSPS) is 16.4. The zero-order chi connectivity index (χ0) is 15.9. The first-order valence-corrected chi connectivity index (χ1v) is 7.46. The van der Waals surface area contributed by atoms with E-state index in [0.29, 0.717) is 5.92 Å². The zero-order valence-corrected chi connectivity index (χ0v) is 14.2. The molecule has 20 heavy (non-hydrogen) atoms. The molecule has 3 N–H and O–H groups in total. The maximum atomic E-state index is 11.9. The Hall–Kier alpha value is -0.810. The Labute approximate surface area is 124 Å². The molecule has 0 bridgehead atoms.